The van der Waals surface area contributed by atoms with E-state index in [-0.39, 0.29) is 0 Å². The van der Waals surface area contributed by atoms with Crippen LogP contribution < -0.4 is 4.90 Å². The first kappa shape index (κ1) is 24.3. The predicted molar refractivity (Wildman–Crippen MR) is 184 cm³/mol. The second kappa shape index (κ2) is 9.15. The number of para-hydroxylation sites is 1. The fraction of sp³-hybridized carbons (Fsp3) is 0. The molecule has 6 aromatic carbocycles. The lowest BCUT2D eigenvalue weighted by Gasteiger charge is -2.28. The second-order valence-electron chi connectivity index (χ2n) is 11.4. The molecule has 0 aliphatic heterocycles. The quantitative estimate of drug-likeness (QED) is 0.196. The summed E-state index contributed by atoms with van der Waals surface area (Å²) in [5.41, 5.74) is 6.07. The predicted octanol–water partition coefficient (Wildman–Crippen LogP) is 11.2. The van der Waals surface area contributed by atoms with Crippen LogP contribution >= 0.6 is 0 Å². The summed E-state index contributed by atoms with van der Waals surface area (Å²) in [4.78, 5) is 11.3. The third-order valence-electron chi connectivity index (χ3n) is 9.00. The lowest BCUT2D eigenvalue weighted by Crippen LogP contribution is -2.11. The number of pyridine rings is 2. The molecule has 210 valence electrons. The third kappa shape index (κ3) is 3.49. The number of anilines is 3. The Kier molecular flexibility index (Phi) is 4.93. The number of hydrogen-bond donors (Lipinski definition) is 0. The summed E-state index contributed by atoms with van der Waals surface area (Å²) >= 11 is 0. The van der Waals surface area contributed by atoms with E-state index in [1.165, 1.54) is 26.9 Å². The highest BCUT2D eigenvalue weighted by molar-refractivity contribution is 6.23. The Bertz CT molecular complexity index is 2790. The monoisotopic (exact) mass is 577 g/mol. The molecule has 0 radical (unpaired) electrons. The summed E-state index contributed by atoms with van der Waals surface area (Å²) in [6.45, 7) is 0. The lowest BCUT2D eigenvalue weighted by molar-refractivity contribution is 0.654. The number of furan rings is 2. The molecule has 10 aromatic rings. The van der Waals surface area contributed by atoms with Crippen LogP contribution in [0.1, 0.15) is 0 Å². The van der Waals surface area contributed by atoms with Crippen molar-refractivity contribution >= 4 is 93.4 Å². The molecule has 45 heavy (non-hydrogen) atoms. The van der Waals surface area contributed by atoms with Gasteiger partial charge in [-0.1, -0.05) is 78.9 Å². The molecule has 0 aliphatic carbocycles. The summed E-state index contributed by atoms with van der Waals surface area (Å²) in [6, 6.07) is 42.8. The summed E-state index contributed by atoms with van der Waals surface area (Å²) in [6.07, 6.45) is 5.43. The Labute approximate surface area is 256 Å². The highest BCUT2D eigenvalue weighted by atomic mass is 16.3. The summed E-state index contributed by atoms with van der Waals surface area (Å²) < 4.78 is 12.5. The molecule has 5 heteroatoms. The highest BCUT2D eigenvalue weighted by Gasteiger charge is 2.23. The van der Waals surface area contributed by atoms with Crippen LogP contribution in [0.4, 0.5) is 17.1 Å². The Balaban J connectivity index is 1.38. The zero-order valence-corrected chi connectivity index (χ0v) is 23.9. The topological polar surface area (TPSA) is 55.3 Å². The Hall–Kier alpha value is -6.20. The van der Waals surface area contributed by atoms with Crippen molar-refractivity contribution < 1.29 is 8.83 Å². The van der Waals surface area contributed by atoms with Gasteiger partial charge >= 0.3 is 0 Å². The highest BCUT2D eigenvalue weighted by Crippen LogP contribution is 2.47. The smallest absolute Gasteiger partial charge is 0.229 e. The largest absolute Gasteiger partial charge is 0.454 e. The van der Waals surface area contributed by atoms with Crippen LogP contribution in [0.15, 0.2) is 149 Å². The maximum Gasteiger partial charge on any atom is 0.229 e. The van der Waals surface area contributed by atoms with E-state index in [9.17, 15) is 0 Å². The molecule has 0 aliphatic rings. The van der Waals surface area contributed by atoms with Gasteiger partial charge in [0.1, 0.15) is 11.2 Å². The van der Waals surface area contributed by atoms with E-state index in [2.05, 4.69) is 112 Å². The number of benzene rings is 6. The van der Waals surface area contributed by atoms with E-state index in [0.717, 1.165) is 60.7 Å². The average Bonchev–Trinajstić information content (AvgIpc) is 3.67. The first-order valence-electron chi connectivity index (χ1n) is 15.0. The van der Waals surface area contributed by atoms with Crippen molar-refractivity contribution in [2.24, 2.45) is 0 Å². The molecule has 4 aromatic heterocycles. The molecule has 0 atom stereocenters. The van der Waals surface area contributed by atoms with Crippen LogP contribution in [0.3, 0.4) is 0 Å². The molecule has 4 heterocycles. The molecule has 0 saturated heterocycles. The van der Waals surface area contributed by atoms with E-state index in [4.69, 9.17) is 8.83 Å². The maximum atomic E-state index is 6.29. The van der Waals surface area contributed by atoms with Gasteiger partial charge in [0, 0.05) is 39.6 Å². The minimum atomic E-state index is 0.607. The minimum Gasteiger partial charge on any atom is -0.454 e. The molecule has 10 rings (SSSR count). The van der Waals surface area contributed by atoms with Gasteiger partial charge in [-0.25, -0.2) is 4.98 Å². The molecule has 5 nitrogen and oxygen atoms in total. The van der Waals surface area contributed by atoms with E-state index in [0.29, 0.717) is 5.71 Å². The summed E-state index contributed by atoms with van der Waals surface area (Å²) in [7, 11) is 0. The van der Waals surface area contributed by atoms with Gasteiger partial charge in [0.05, 0.1) is 23.0 Å². The molecular weight excluding hydrogens is 554 g/mol. The lowest BCUT2D eigenvalue weighted by atomic mass is 9.95. The van der Waals surface area contributed by atoms with Gasteiger partial charge in [0.25, 0.3) is 0 Å². The Morgan fingerprint density at radius 2 is 1.24 bits per heavy atom. The van der Waals surface area contributed by atoms with Gasteiger partial charge in [-0.3, -0.25) is 4.98 Å². The SMILES string of the molecule is c1ccc2c(c1)ccc1c3ccccc3c(N(c3ccc4oc5cnccc5c4c3)c3ccnc4oc5ccccc5c34)cc21. The van der Waals surface area contributed by atoms with Gasteiger partial charge in [0.2, 0.25) is 5.71 Å². The minimum absolute atomic E-state index is 0.607. The number of hydrogen-bond acceptors (Lipinski definition) is 5. The fourth-order valence-corrected chi connectivity index (χ4v) is 7.01. The van der Waals surface area contributed by atoms with Gasteiger partial charge < -0.3 is 13.7 Å². The molecular formula is C40H23N3O2. The van der Waals surface area contributed by atoms with E-state index >= 15 is 0 Å². The number of fused-ring (bicyclic) bond motifs is 11. The van der Waals surface area contributed by atoms with Crippen LogP contribution in [0.25, 0.3) is 76.3 Å². The first-order chi connectivity index (χ1) is 22.3. The molecule has 0 spiro atoms. The van der Waals surface area contributed by atoms with Crippen LogP contribution in [-0.2, 0) is 0 Å². The normalized spacial score (nSPS) is 12.0. The van der Waals surface area contributed by atoms with Crippen molar-refractivity contribution in [1.82, 2.24) is 9.97 Å². The number of nitrogens with zero attached hydrogens (tertiary/aromatic N) is 3. The summed E-state index contributed by atoms with van der Waals surface area (Å²) in [5, 5.41) is 11.3. The van der Waals surface area contributed by atoms with E-state index in [1.807, 2.05) is 36.7 Å². The number of aromatic nitrogens is 2. The van der Waals surface area contributed by atoms with Gasteiger partial charge in [-0.2, -0.15) is 0 Å². The average molecular weight is 578 g/mol. The Morgan fingerprint density at radius 1 is 0.467 bits per heavy atom. The molecule has 0 saturated carbocycles. The molecule has 0 bridgehead atoms. The maximum absolute atomic E-state index is 6.29. The fourth-order valence-electron chi connectivity index (χ4n) is 7.01. The molecule has 0 fully saturated rings. The van der Waals surface area contributed by atoms with Gasteiger partial charge in [-0.15, -0.1) is 0 Å². The number of rotatable bonds is 3. The van der Waals surface area contributed by atoms with Crippen LogP contribution in [0.5, 0.6) is 0 Å². The Morgan fingerprint density at radius 3 is 2.18 bits per heavy atom. The van der Waals surface area contributed by atoms with Crippen molar-refractivity contribution in [1.29, 1.82) is 0 Å². The standard InChI is InChI=1S/C40H23N3O2/c1-2-8-26-24(7-1)13-15-28-27-9-3-4-10-29(27)35(22-32(26)28)43(25-14-16-37-33(21-25)30-17-19-41-23-38(30)44-37)34-18-20-42-40-39(34)31-11-5-6-12-36(31)45-40/h1-23H. The van der Waals surface area contributed by atoms with E-state index in [1.54, 1.807) is 6.20 Å². The van der Waals surface area contributed by atoms with Gasteiger partial charge in [-0.05, 0) is 69.4 Å². The molecule has 0 amide bonds. The zero-order chi connectivity index (χ0) is 29.5. The van der Waals surface area contributed by atoms with Crippen molar-refractivity contribution in [3.05, 3.63) is 140 Å². The van der Waals surface area contributed by atoms with Crippen LogP contribution in [0, 0.1) is 0 Å². The summed E-state index contributed by atoms with van der Waals surface area (Å²) in [5.74, 6) is 0. The van der Waals surface area contributed by atoms with Crippen molar-refractivity contribution in [3.8, 4) is 0 Å². The van der Waals surface area contributed by atoms with Crippen LogP contribution in [0.2, 0.25) is 0 Å². The molecule has 0 unspecified atom stereocenters. The molecule has 0 N–H and O–H groups in total. The van der Waals surface area contributed by atoms with Gasteiger partial charge in [0.15, 0.2) is 5.58 Å². The van der Waals surface area contributed by atoms with E-state index < -0.39 is 0 Å². The van der Waals surface area contributed by atoms with Crippen LogP contribution in [-0.4, -0.2) is 9.97 Å². The first-order valence-corrected chi connectivity index (χ1v) is 15.0. The van der Waals surface area contributed by atoms with Crippen molar-refractivity contribution in [2.45, 2.75) is 0 Å². The second-order valence-corrected chi connectivity index (χ2v) is 11.4. The third-order valence-corrected chi connectivity index (χ3v) is 9.00. The zero-order valence-electron chi connectivity index (χ0n) is 23.9. The van der Waals surface area contributed by atoms with Crippen molar-refractivity contribution in [2.75, 3.05) is 4.90 Å². The van der Waals surface area contributed by atoms with Crippen molar-refractivity contribution in [3.63, 3.8) is 0 Å².